The van der Waals surface area contributed by atoms with Crippen LogP contribution in [0.2, 0.25) is 0 Å². The Morgan fingerprint density at radius 1 is 1.27 bits per heavy atom. The van der Waals surface area contributed by atoms with E-state index >= 15 is 0 Å². The molecule has 1 unspecified atom stereocenters. The van der Waals surface area contributed by atoms with E-state index in [1.165, 1.54) is 10.4 Å². The number of piperazine rings is 1. The van der Waals surface area contributed by atoms with Crippen LogP contribution in [0.5, 0.6) is 0 Å². The molecule has 1 aliphatic rings. The Bertz CT molecular complexity index is 639. The third-order valence-electron chi connectivity index (χ3n) is 3.81. The molecule has 122 valence electrons. The minimum absolute atomic E-state index is 0.0154. The fraction of sp³-hybridized carbons (Fsp3) is 0.500. The molecule has 0 saturated carbocycles. The van der Waals surface area contributed by atoms with E-state index in [9.17, 15) is 13.2 Å². The van der Waals surface area contributed by atoms with Gasteiger partial charge in [0.2, 0.25) is 10.0 Å². The highest BCUT2D eigenvalue weighted by molar-refractivity contribution is 7.89. The first kappa shape index (κ1) is 16.9. The minimum atomic E-state index is -3.63. The molecule has 8 heteroatoms. The summed E-state index contributed by atoms with van der Waals surface area (Å²) in [6, 6.07) is 5.33. The lowest BCUT2D eigenvalue weighted by Crippen LogP contribution is -2.47. The van der Waals surface area contributed by atoms with Crippen molar-refractivity contribution in [3.8, 4) is 0 Å². The molecule has 0 amide bonds. The van der Waals surface area contributed by atoms with Crippen LogP contribution in [0.4, 0.5) is 0 Å². The van der Waals surface area contributed by atoms with Gasteiger partial charge >= 0.3 is 5.97 Å². The third kappa shape index (κ3) is 3.64. The van der Waals surface area contributed by atoms with Gasteiger partial charge < -0.3 is 15.7 Å². The molecular formula is C14H21N3O4S. The summed E-state index contributed by atoms with van der Waals surface area (Å²) in [5.74, 6) is -1.15. The van der Waals surface area contributed by atoms with E-state index in [1.54, 1.807) is 18.2 Å². The zero-order chi connectivity index (χ0) is 16.3. The van der Waals surface area contributed by atoms with Crippen molar-refractivity contribution in [3.05, 3.63) is 29.8 Å². The van der Waals surface area contributed by atoms with Gasteiger partial charge in [0, 0.05) is 26.2 Å². The van der Waals surface area contributed by atoms with Crippen molar-refractivity contribution in [3.63, 3.8) is 0 Å². The number of carboxylic acid groups (broad SMARTS) is 1. The number of hydrogen-bond acceptors (Lipinski definition) is 5. The van der Waals surface area contributed by atoms with Gasteiger partial charge in [0.05, 0.1) is 4.90 Å². The SMILES string of the molecule is CN1CCN(S(=O)(=O)c2ccccc2CC(N)C(=O)O)CC1. The highest BCUT2D eigenvalue weighted by Gasteiger charge is 2.29. The largest absolute Gasteiger partial charge is 0.480 e. The quantitative estimate of drug-likeness (QED) is 0.761. The average Bonchev–Trinajstić information content (AvgIpc) is 2.48. The second-order valence-corrected chi connectivity index (χ2v) is 7.37. The predicted molar refractivity (Wildman–Crippen MR) is 82.0 cm³/mol. The Hall–Kier alpha value is -1.48. The number of benzene rings is 1. The fourth-order valence-electron chi connectivity index (χ4n) is 2.42. The number of nitrogens with two attached hydrogens (primary N) is 1. The number of sulfonamides is 1. The Balaban J connectivity index is 2.29. The van der Waals surface area contributed by atoms with E-state index in [-0.39, 0.29) is 11.3 Å². The van der Waals surface area contributed by atoms with E-state index in [4.69, 9.17) is 10.8 Å². The maximum Gasteiger partial charge on any atom is 0.320 e. The van der Waals surface area contributed by atoms with E-state index in [0.717, 1.165) is 0 Å². The van der Waals surface area contributed by atoms with Crippen LogP contribution in [0, 0.1) is 0 Å². The summed E-state index contributed by atoms with van der Waals surface area (Å²) >= 11 is 0. The lowest BCUT2D eigenvalue weighted by molar-refractivity contribution is -0.138. The lowest BCUT2D eigenvalue weighted by Gasteiger charge is -2.32. The van der Waals surface area contributed by atoms with Gasteiger partial charge in [-0.2, -0.15) is 4.31 Å². The lowest BCUT2D eigenvalue weighted by atomic mass is 10.1. The Morgan fingerprint density at radius 2 is 1.86 bits per heavy atom. The van der Waals surface area contributed by atoms with Crippen LogP contribution < -0.4 is 5.73 Å². The molecule has 3 N–H and O–H groups in total. The number of rotatable bonds is 5. The standard InChI is InChI=1S/C14H21N3O4S/c1-16-6-8-17(9-7-16)22(20,21)13-5-3-2-4-11(13)10-12(15)14(18)19/h2-5,12H,6-10,15H2,1H3,(H,18,19). The molecule has 0 aromatic heterocycles. The molecular weight excluding hydrogens is 306 g/mol. The van der Waals surface area contributed by atoms with Crippen molar-refractivity contribution in [1.29, 1.82) is 0 Å². The zero-order valence-corrected chi connectivity index (χ0v) is 13.3. The number of likely N-dealkylation sites (N-methyl/N-ethyl adjacent to an activating group) is 1. The van der Waals surface area contributed by atoms with Crippen LogP contribution in [0.1, 0.15) is 5.56 Å². The number of carbonyl (C=O) groups is 1. The molecule has 1 aliphatic heterocycles. The number of aliphatic carboxylic acids is 1. The molecule has 1 aromatic carbocycles. The summed E-state index contributed by atoms with van der Waals surface area (Å²) in [6.07, 6.45) is -0.0154. The molecule has 0 radical (unpaired) electrons. The van der Waals surface area contributed by atoms with Gasteiger partial charge in [-0.3, -0.25) is 4.79 Å². The van der Waals surface area contributed by atoms with Crippen molar-refractivity contribution in [1.82, 2.24) is 9.21 Å². The van der Waals surface area contributed by atoms with Crippen molar-refractivity contribution >= 4 is 16.0 Å². The van der Waals surface area contributed by atoms with Gasteiger partial charge in [0.1, 0.15) is 6.04 Å². The fourth-order valence-corrected chi connectivity index (χ4v) is 4.07. The summed E-state index contributed by atoms with van der Waals surface area (Å²) in [6.45, 7) is 2.21. The van der Waals surface area contributed by atoms with E-state index < -0.39 is 22.0 Å². The maximum atomic E-state index is 12.8. The van der Waals surface area contributed by atoms with Gasteiger partial charge in [-0.25, -0.2) is 8.42 Å². The van der Waals surface area contributed by atoms with Crippen LogP contribution >= 0.6 is 0 Å². The normalized spacial score (nSPS) is 19.0. The molecule has 7 nitrogen and oxygen atoms in total. The topological polar surface area (TPSA) is 104 Å². The smallest absolute Gasteiger partial charge is 0.320 e. The predicted octanol–water partition coefficient (Wildman–Crippen LogP) is -0.423. The molecule has 0 bridgehead atoms. The van der Waals surface area contributed by atoms with Crippen LogP contribution in [-0.4, -0.2) is 68.0 Å². The summed E-state index contributed by atoms with van der Waals surface area (Å²) in [7, 11) is -1.68. The first-order chi connectivity index (χ1) is 10.3. The molecule has 1 aromatic rings. The summed E-state index contributed by atoms with van der Waals surface area (Å²) < 4.78 is 27.0. The Morgan fingerprint density at radius 3 is 2.45 bits per heavy atom. The number of hydrogen-bond donors (Lipinski definition) is 2. The van der Waals surface area contributed by atoms with Gasteiger partial charge in [0.15, 0.2) is 0 Å². The Kier molecular flexibility index (Phi) is 5.17. The van der Waals surface area contributed by atoms with Crippen molar-refractivity contribution in [2.45, 2.75) is 17.4 Å². The average molecular weight is 327 g/mol. The summed E-state index contributed by atoms with van der Waals surface area (Å²) in [4.78, 5) is 13.1. The highest BCUT2D eigenvalue weighted by atomic mass is 32.2. The van der Waals surface area contributed by atoms with E-state index in [1.807, 2.05) is 7.05 Å². The maximum absolute atomic E-state index is 12.8. The van der Waals surface area contributed by atoms with Crippen LogP contribution in [0.15, 0.2) is 29.2 Å². The number of carboxylic acids is 1. The molecule has 1 atom stereocenters. The Labute approximate surface area is 130 Å². The monoisotopic (exact) mass is 327 g/mol. The van der Waals surface area contributed by atoms with Crippen LogP contribution in [0.25, 0.3) is 0 Å². The molecule has 2 rings (SSSR count). The first-order valence-electron chi connectivity index (χ1n) is 7.07. The molecule has 0 spiro atoms. The van der Waals surface area contributed by atoms with Gasteiger partial charge in [-0.05, 0) is 25.1 Å². The second-order valence-electron chi connectivity index (χ2n) is 5.46. The van der Waals surface area contributed by atoms with Crippen molar-refractivity contribution < 1.29 is 18.3 Å². The molecule has 0 aliphatic carbocycles. The van der Waals surface area contributed by atoms with Gasteiger partial charge in [-0.1, -0.05) is 18.2 Å². The zero-order valence-electron chi connectivity index (χ0n) is 12.5. The molecule has 1 heterocycles. The molecule has 22 heavy (non-hydrogen) atoms. The summed E-state index contributed by atoms with van der Waals surface area (Å²) in [5, 5.41) is 8.92. The van der Waals surface area contributed by atoms with E-state index in [0.29, 0.717) is 31.7 Å². The van der Waals surface area contributed by atoms with Crippen molar-refractivity contribution in [2.75, 3.05) is 33.2 Å². The van der Waals surface area contributed by atoms with Crippen molar-refractivity contribution in [2.24, 2.45) is 5.73 Å². The van der Waals surface area contributed by atoms with Crippen LogP contribution in [0.3, 0.4) is 0 Å². The third-order valence-corrected chi connectivity index (χ3v) is 5.81. The van der Waals surface area contributed by atoms with E-state index in [2.05, 4.69) is 4.90 Å². The molecule has 1 saturated heterocycles. The van der Waals surface area contributed by atoms with Crippen LogP contribution in [-0.2, 0) is 21.2 Å². The van der Waals surface area contributed by atoms with Gasteiger partial charge in [-0.15, -0.1) is 0 Å². The van der Waals surface area contributed by atoms with Gasteiger partial charge in [0.25, 0.3) is 0 Å². The second kappa shape index (κ2) is 6.74. The number of nitrogens with zero attached hydrogens (tertiary/aromatic N) is 2. The highest BCUT2D eigenvalue weighted by Crippen LogP contribution is 2.22. The summed E-state index contributed by atoms with van der Waals surface area (Å²) in [5.41, 5.74) is 5.98. The molecule has 1 fully saturated rings. The first-order valence-corrected chi connectivity index (χ1v) is 8.51. The minimum Gasteiger partial charge on any atom is -0.480 e.